The number of hydrogen-bond donors (Lipinski definition) is 3. The van der Waals surface area contributed by atoms with Crippen LogP contribution in [0.5, 0.6) is 0 Å². The van der Waals surface area contributed by atoms with E-state index in [1.807, 2.05) is 39.0 Å². The van der Waals surface area contributed by atoms with E-state index in [4.69, 9.17) is 9.47 Å². The molecule has 0 aromatic heterocycles. The molecule has 0 bridgehead atoms. The van der Waals surface area contributed by atoms with Crippen molar-refractivity contribution in [1.82, 2.24) is 15.5 Å². The van der Waals surface area contributed by atoms with Gasteiger partial charge in [0.25, 0.3) is 0 Å². The number of hydrogen-bond acceptors (Lipinski definition) is 7. The second-order valence-corrected chi connectivity index (χ2v) is 9.89. The Hall–Kier alpha value is -2.75. The zero-order valence-electron chi connectivity index (χ0n) is 22.5. The smallest absolute Gasteiger partial charge is 0.408 e. The molecule has 0 saturated heterocycles. The fraction of sp³-hybridized carbons (Fsp3) is 0.615. The summed E-state index contributed by atoms with van der Waals surface area (Å²) in [5.74, 6) is -1.28. The molecule has 36 heavy (non-hydrogen) atoms. The van der Waals surface area contributed by atoms with Gasteiger partial charge < -0.3 is 25.0 Å². The number of nitrogens with zero attached hydrogens (tertiary/aromatic N) is 1. The highest BCUT2D eigenvalue weighted by Crippen LogP contribution is 2.27. The first-order valence-corrected chi connectivity index (χ1v) is 12.9. The summed E-state index contributed by atoms with van der Waals surface area (Å²) in [6.45, 7) is 13.2. The molecule has 0 aliphatic rings. The van der Waals surface area contributed by atoms with Crippen LogP contribution >= 0.6 is 12.6 Å². The van der Waals surface area contributed by atoms with E-state index in [1.54, 1.807) is 27.7 Å². The van der Waals surface area contributed by atoms with Gasteiger partial charge in [-0.2, -0.15) is 12.6 Å². The SMILES string of the molecule is CCCN(C(=O)C(CS)NC(=O)OC(C)(C)C)C(C(=O)NCCC(=O)OCC)c1ccc(C)cc1C. The van der Waals surface area contributed by atoms with Gasteiger partial charge in [-0.15, -0.1) is 0 Å². The Kier molecular flexibility index (Phi) is 12.8. The molecule has 2 N–H and O–H groups in total. The summed E-state index contributed by atoms with van der Waals surface area (Å²) in [5.41, 5.74) is 1.78. The van der Waals surface area contributed by atoms with Gasteiger partial charge in [0, 0.05) is 18.8 Å². The van der Waals surface area contributed by atoms with Crippen LogP contribution in [0.25, 0.3) is 0 Å². The van der Waals surface area contributed by atoms with Crippen molar-refractivity contribution in [2.24, 2.45) is 0 Å². The van der Waals surface area contributed by atoms with E-state index >= 15 is 0 Å². The van der Waals surface area contributed by atoms with Crippen LogP contribution < -0.4 is 10.6 Å². The average molecular weight is 524 g/mol. The Bertz CT molecular complexity index is 915. The molecule has 2 unspecified atom stereocenters. The maximum Gasteiger partial charge on any atom is 0.408 e. The van der Waals surface area contributed by atoms with Crippen molar-refractivity contribution in [2.45, 2.75) is 79.0 Å². The fourth-order valence-corrected chi connectivity index (χ4v) is 3.89. The number of carbonyl (C=O) groups is 4. The standard InChI is InChI=1S/C26H41N3O6S/c1-8-14-29(24(32)20(16-36)28-25(33)35-26(5,6)7)22(19-11-10-17(3)15-18(19)4)23(31)27-13-12-21(30)34-9-2/h10-11,15,20,22,36H,8-9,12-14,16H2,1-7H3,(H,27,31)(H,28,33). The molecule has 1 aromatic rings. The molecule has 10 heteroatoms. The lowest BCUT2D eigenvalue weighted by Gasteiger charge is -2.34. The molecule has 2 atom stereocenters. The summed E-state index contributed by atoms with van der Waals surface area (Å²) < 4.78 is 10.2. The normalized spacial score (nSPS) is 12.8. The van der Waals surface area contributed by atoms with E-state index in [9.17, 15) is 19.2 Å². The van der Waals surface area contributed by atoms with E-state index in [2.05, 4.69) is 23.3 Å². The minimum atomic E-state index is -1.00. The molecule has 0 fully saturated rings. The lowest BCUT2D eigenvalue weighted by Crippen LogP contribution is -2.54. The minimum absolute atomic E-state index is 0.0143. The molecule has 202 valence electrons. The zero-order valence-corrected chi connectivity index (χ0v) is 23.4. The molecule has 0 saturated carbocycles. The van der Waals surface area contributed by atoms with E-state index < -0.39 is 41.6 Å². The Morgan fingerprint density at radius 3 is 2.31 bits per heavy atom. The molecule has 0 radical (unpaired) electrons. The van der Waals surface area contributed by atoms with Gasteiger partial charge in [0.1, 0.15) is 17.7 Å². The third-order valence-corrected chi connectivity index (χ3v) is 5.50. The van der Waals surface area contributed by atoms with Gasteiger partial charge >= 0.3 is 12.1 Å². The van der Waals surface area contributed by atoms with E-state index in [1.165, 1.54) is 4.90 Å². The van der Waals surface area contributed by atoms with Crippen LogP contribution in [0.2, 0.25) is 0 Å². The van der Waals surface area contributed by atoms with Gasteiger partial charge in [-0.05, 0) is 59.1 Å². The number of alkyl carbamates (subject to hydrolysis) is 1. The van der Waals surface area contributed by atoms with Crippen molar-refractivity contribution in [3.63, 3.8) is 0 Å². The van der Waals surface area contributed by atoms with Crippen LogP contribution in [0.4, 0.5) is 4.79 Å². The van der Waals surface area contributed by atoms with Crippen LogP contribution in [-0.2, 0) is 23.9 Å². The molecular weight excluding hydrogens is 482 g/mol. The van der Waals surface area contributed by atoms with Gasteiger partial charge in [-0.25, -0.2) is 4.79 Å². The summed E-state index contributed by atoms with van der Waals surface area (Å²) in [7, 11) is 0. The van der Waals surface area contributed by atoms with Crippen molar-refractivity contribution in [1.29, 1.82) is 0 Å². The number of carbonyl (C=O) groups excluding carboxylic acids is 4. The number of thiol groups is 1. The lowest BCUT2D eigenvalue weighted by molar-refractivity contribution is -0.144. The largest absolute Gasteiger partial charge is 0.466 e. The third kappa shape index (κ3) is 10.1. The number of aryl methyl sites for hydroxylation is 2. The Morgan fingerprint density at radius 1 is 1.11 bits per heavy atom. The van der Waals surface area contributed by atoms with Gasteiger partial charge in [0.15, 0.2) is 0 Å². The number of ether oxygens (including phenoxy) is 2. The number of esters is 1. The zero-order chi connectivity index (χ0) is 27.5. The highest BCUT2D eigenvalue weighted by molar-refractivity contribution is 7.80. The topological polar surface area (TPSA) is 114 Å². The van der Waals surface area contributed by atoms with Crippen LogP contribution in [0, 0.1) is 13.8 Å². The number of amides is 3. The Balaban J connectivity index is 3.31. The molecule has 1 rings (SSSR count). The number of benzene rings is 1. The summed E-state index contributed by atoms with van der Waals surface area (Å²) in [6, 6.07) is 3.68. The molecule has 0 spiro atoms. The summed E-state index contributed by atoms with van der Waals surface area (Å²) in [5, 5.41) is 5.35. The maximum atomic E-state index is 13.7. The van der Waals surface area contributed by atoms with Gasteiger partial charge in [0.2, 0.25) is 11.8 Å². The van der Waals surface area contributed by atoms with Gasteiger partial charge in [-0.3, -0.25) is 14.4 Å². The van der Waals surface area contributed by atoms with Crippen molar-refractivity contribution in [3.05, 3.63) is 34.9 Å². The van der Waals surface area contributed by atoms with Crippen LogP contribution in [0.3, 0.4) is 0 Å². The molecular formula is C26H41N3O6S. The maximum absolute atomic E-state index is 13.7. The number of nitrogens with one attached hydrogen (secondary N) is 2. The molecule has 9 nitrogen and oxygen atoms in total. The Labute approximate surface area is 220 Å². The summed E-state index contributed by atoms with van der Waals surface area (Å²) in [6.07, 6.45) is -0.150. The quantitative estimate of drug-likeness (QED) is 0.286. The van der Waals surface area contributed by atoms with Crippen molar-refractivity contribution < 1.29 is 28.7 Å². The van der Waals surface area contributed by atoms with E-state index in [0.717, 1.165) is 11.1 Å². The van der Waals surface area contributed by atoms with Crippen molar-refractivity contribution in [2.75, 3.05) is 25.4 Å². The highest BCUT2D eigenvalue weighted by Gasteiger charge is 2.36. The molecule has 1 aromatic carbocycles. The van der Waals surface area contributed by atoms with Crippen LogP contribution in [0.1, 0.15) is 70.2 Å². The first-order chi connectivity index (χ1) is 16.8. The lowest BCUT2D eigenvalue weighted by atomic mass is 9.96. The fourth-order valence-electron chi connectivity index (χ4n) is 3.64. The molecule has 0 aliphatic carbocycles. The first kappa shape index (κ1) is 31.3. The molecule has 0 heterocycles. The summed E-state index contributed by atoms with van der Waals surface area (Å²) >= 11 is 4.27. The van der Waals surface area contributed by atoms with Crippen molar-refractivity contribution in [3.8, 4) is 0 Å². The second kappa shape index (κ2) is 14.7. The third-order valence-electron chi connectivity index (χ3n) is 5.13. The first-order valence-electron chi connectivity index (χ1n) is 12.3. The summed E-state index contributed by atoms with van der Waals surface area (Å²) in [4.78, 5) is 52.7. The Morgan fingerprint density at radius 2 is 1.78 bits per heavy atom. The van der Waals surface area contributed by atoms with Crippen LogP contribution in [0.15, 0.2) is 18.2 Å². The predicted octanol–water partition coefficient (Wildman–Crippen LogP) is 3.48. The van der Waals surface area contributed by atoms with Gasteiger partial charge in [0.05, 0.1) is 13.0 Å². The van der Waals surface area contributed by atoms with E-state index in [0.29, 0.717) is 12.0 Å². The predicted molar refractivity (Wildman–Crippen MR) is 142 cm³/mol. The molecule has 3 amide bonds. The average Bonchev–Trinajstić information content (AvgIpc) is 2.77. The number of rotatable bonds is 12. The van der Waals surface area contributed by atoms with Gasteiger partial charge in [-0.1, -0.05) is 30.7 Å². The van der Waals surface area contributed by atoms with E-state index in [-0.39, 0.29) is 31.9 Å². The van der Waals surface area contributed by atoms with Crippen LogP contribution in [-0.4, -0.2) is 65.9 Å². The molecule has 0 aliphatic heterocycles. The minimum Gasteiger partial charge on any atom is -0.466 e. The highest BCUT2D eigenvalue weighted by atomic mass is 32.1. The van der Waals surface area contributed by atoms with Crippen molar-refractivity contribution >= 4 is 36.5 Å². The second-order valence-electron chi connectivity index (χ2n) is 9.52. The monoisotopic (exact) mass is 523 g/mol.